The van der Waals surface area contributed by atoms with Crippen molar-refractivity contribution in [3.63, 3.8) is 0 Å². The van der Waals surface area contributed by atoms with Crippen molar-refractivity contribution in [3.8, 4) is 0 Å². The molecule has 0 bridgehead atoms. The Bertz CT molecular complexity index is 925. The monoisotopic (exact) mass is 361 g/mol. The van der Waals surface area contributed by atoms with E-state index >= 15 is 0 Å². The van der Waals surface area contributed by atoms with Gasteiger partial charge in [-0.3, -0.25) is 9.78 Å². The molecule has 2 aromatic heterocycles. The van der Waals surface area contributed by atoms with Gasteiger partial charge in [0, 0.05) is 50.2 Å². The number of pyridine rings is 1. The topological polar surface area (TPSA) is 62.2 Å². The Balaban J connectivity index is 1.57. The van der Waals surface area contributed by atoms with E-state index in [0.29, 0.717) is 18.2 Å². The van der Waals surface area contributed by atoms with Gasteiger partial charge in [0.15, 0.2) is 0 Å². The Morgan fingerprint density at radius 1 is 1.11 bits per heavy atom. The third kappa shape index (κ3) is 3.95. The van der Waals surface area contributed by atoms with Gasteiger partial charge in [0.1, 0.15) is 12.0 Å². The molecule has 0 radical (unpaired) electrons. The minimum Gasteiger partial charge on any atom is -0.336 e. The van der Waals surface area contributed by atoms with Crippen molar-refractivity contribution in [2.45, 2.75) is 6.42 Å². The van der Waals surface area contributed by atoms with Crippen LogP contribution in [-0.2, 0) is 6.42 Å². The van der Waals surface area contributed by atoms with E-state index in [0.717, 1.165) is 31.4 Å². The third-order valence-electron chi connectivity index (χ3n) is 5.15. The van der Waals surface area contributed by atoms with E-state index < -0.39 is 0 Å². The summed E-state index contributed by atoms with van der Waals surface area (Å²) in [5.41, 5.74) is 1.70. The first-order chi connectivity index (χ1) is 13.2. The summed E-state index contributed by atoms with van der Waals surface area (Å²) in [6.45, 7) is 3.25. The molecule has 138 valence electrons. The quantitative estimate of drug-likeness (QED) is 0.716. The number of benzene rings is 1. The van der Waals surface area contributed by atoms with Crippen molar-refractivity contribution in [2.75, 3.05) is 33.2 Å². The maximum Gasteiger partial charge on any atom is 0.272 e. The zero-order chi connectivity index (χ0) is 18.6. The molecule has 1 saturated heterocycles. The van der Waals surface area contributed by atoms with Crippen molar-refractivity contribution in [3.05, 3.63) is 66.5 Å². The smallest absolute Gasteiger partial charge is 0.272 e. The number of hydrogen-bond acceptors (Lipinski definition) is 5. The van der Waals surface area contributed by atoms with Gasteiger partial charge in [-0.25, -0.2) is 9.97 Å². The normalized spacial score (nSPS) is 18.4. The fourth-order valence-electron chi connectivity index (χ4n) is 3.83. The summed E-state index contributed by atoms with van der Waals surface area (Å²) in [5, 5.41) is 2.40. The number of aromatic nitrogens is 3. The van der Waals surface area contributed by atoms with Crippen molar-refractivity contribution >= 4 is 16.7 Å². The molecule has 0 aliphatic carbocycles. The number of hydrogen-bond donors (Lipinski definition) is 0. The van der Waals surface area contributed by atoms with E-state index in [1.807, 2.05) is 23.4 Å². The van der Waals surface area contributed by atoms with Crippen LogP contribution in [0.4, 0.5) is 0 Å². The van der Waals surface area contributed by atoms with Crippen LogP contribution in [0.5, 0.6) is 0 Å². The molecule has 1 aliphatic heterocycles. The second-order valence-corrected chi connectivity index (χ2v) is 7.20. The Kier molecular flexibility index (Phi) is 5.07. The lowest BCUT2D eigenvalue weighted by Gasteiger charge is -2.24. The van der Waals surface area contributed by atoms with Crippen LogP contribution >= 0.6 is 0 Å². The first-order valence-electron chi connectivity index (χ1n) is 9.26. The average Bonchev–Trinajstić information content (AvgIpc) is 2.89. The maximum atomic E-state index is 12.9. The highest BCUT2D eigenvalue weighted by Gasteiger charge is 2.26. The second-order valence-electron chi connectivity index (χ2n) is 7.20. The molecule has 3 heterocycles. The fourth-order valence-corrected chi connectivity index (χ4v) is 3.83. The molecule has 0 N–H and O–H groups in total. The van der Waals surface area contributed by atoms with E-state index in [1.165, 1.54) is 17.3 Å². The van der Waals surface area contributed by atoms with Crippen molar-refractivity contribution in [1.29, 1.82) is 0 Å². The van der Waals surface area contributed by atoms with Crippen LogP contribution in [0.1, 0.15) is 16.1 Å². The summed E-state index contributed by atoms with van der Waals surface area (Å²) in [4.78, 5) is 29.5. The molecule has 6 nitrogen and oxygen atoms in total. The molecule has 1 aromatic carbocycles. The molecule has 0 saturated carbocycles. The average molecular weight is 361 g/mol. The minimum absolute atomic E-state index is 0.0197. The molecular weight excluding hydrogens is 338 g/mol. The molecule has 27 heavy (non-hydrogen) atoms. The van der Waals surface area contributed by atoms with Crippen molar-refractivity contribution in [1.82, 2.24) is 24.8 Å². The fraction of sp³-hybridized carbons (Fsp3) is 0.333. The van der Waals surface area contributed by atoms with E-state index in [2.05, 4.69) is 45.1 Å². The van der Waals surface area contributed by atoms with Gasteiger partial charge in [-0.2, -0.15) is 0 Å². The summed E-state index contributed by atoms with van der Waals surface area (Å²) in [6.07, 6.45) is 7.80. The molecule has 0 unspecified atom stereocenters. The lowest BCUT2D eigenvalue weighted by Crippen LogP contribution is -2.37. The number of amides is 1. The van der Waals surface area contributed by atoms with Crippen LogP contribution in [-0.4, -0.2) is 63.9 Å². The van der Waals surface area contributed by atoms with Crippen LogP contribution in [0, 0.1) is 5.92 Å². The zero-order valence-corrected chi connectivity index (χ0v) is 15.5. The highest BCUT2D eigenvalue weighted by Crippen LogP contribution is 2.22. The highest BCUT2D eigenvalue weighted by molar-refractivity contribution is 5.92. The maximum absolute atomic E-state index is 12.9. The molecule has 1 fully saturated rings. The first-order valence-corrected chi connectivity index (χ1v) is 9.26. The molecule has 1 aliphatic rings. The van der Waals surface area contributed by atoms with Crippen molar-refractivity contribution < 1.29 is 4.79 Å². The zero-order valence-electron chi connectivity index (χ0n) is 15.5. The number of carbonyl (C=O) groups is 1. The number of likely N-dealkylation sites (N-methyl/N-ethyl adjacent to an activating group) is 1. The van der Waals surface area contributed by atoms with Gasteiger partial charge in [-0.05, 0) is 36.4 Å². The largest absolute Gasteiger partial charge is 0.336 e. The Hall–Kier alpha value is -2.86. The Morgan fingerprint density at radius 2 is 2.00 bits per heavy atom. The lowest BCUT2D eigenvalue weighted by molar-refractivity contribution is 0.0740. The summed E-state index contributed by atoms with van der Waals surface area (Å²) < 4.78 is 0. The van der Waals surface area contributed by atoms with Gasteiger partial charge in [-0.15, -0.1) is 0 Å². The molecule has 4 rings (SSSR count). The van der Waals surface area contributed by atoms with Crippen LogP contribution in [0.15, 0.2) is 55.2 Å². The third-order valence-corrected chi connectivity index (χ3v) is 5.15. The summed E-state index contributed by atoms with van der Waals surface area (Å²) in [7, 11) is 2.12. The summed E-state index contributed by atoms with van der Waals surface area (Å²) in [5.74, 6) is 0.324. The van der Waals surface area contributed by atoms with E-state index in [1.54, 1.807) is 12.3 Å². The molecule has 3 aromatic rings. The number of fused-ring (bicyclic) bond motifs is 1. The first kappa shape index (κ1) is 17.5. The molecule has 1 amide bonds. The van der Waals surface area contributed by atoms with Crippen LogP contribution in [0.3, 0.4) is 0 Å². The van der Waals surface area contributed by atoms with Crippen LogP contribution in [0.2, 0.25) is 0 Å². The lowest BCUT2D eigenvalue weighted by atomic mass is 9.96. The van der Waals surface area contributed by atoms with Gasteiger partial charge in [-0.1, -0.05) is 24.3 Å². The SMILES string of the molecule is CN1CCN(C(=O)c2ccncn2)C[C@H](Cc2cncc3ccccc23)C1. The van der Waals surface area contributed by atoms with Crippen molar-refractivity contribution in [2.24, 2.45) is 5.92 Å². The Morgan fingerprint density at radius 3 is 2.85 bits per heavy atom. The predicted octanol–water partition coefficient (Wildman–Crippen LogP) is 2.27. The predicted molar refractivity (Wildman–Crippen MR) is 104 cm³/mol. The number of carbonyl (C=O) groups excluding carboxylic acids is 1. The van der Waals surface area contributed by atoms with Gasteiger partial charge in [0.25, 0.3) is 5.91 Å². The van der Waals surface area contributed by atoms with E-state index in [4.69, 9.17) is 0 Å². The number of rotatable bonds is 3. The summed E-state index contributed by atoms with van der Waals surface area (Å²) in [6, 6.07) is 10.0. The van der Waals surface area contributed by atoms with Gasteiger partial charge in [0.2, 0.25) is 0 Å². The van der Waals surface area contributed by atoms with Crippen LogP contribution < -0.4 is 0 Å². The van der Waals surface area contributed by atoms with Crippen LogP contribution in [0.25, 0.3) is 10.8 Å². The molecular formula is C21H23N5O. The van der Waals surface area contributed by atoms with E-state index in [9.17, 15) is 4.79 Å². The standard InChI is InChI=1S/C21H23N5O/c1-25-8-9-26(21(27)20-6-7-22-15-24-20)14-16(13-25)10-18-12-23-11-17-4-2-3-5-19(17)18/h2-7,11-12,15-16H,8-10,13-14H2,1H3/t16-/m1/s1. The van der Waals surface area contributed by atoms with Gasteiger partial charge >= 0.3 is 0 Å². The van der Waals surface area contributed by atoms with Gasteiger partial charge < -0.3 is 9.80 Å². The molecule has 6 heteroatoms. The number of nitrogens with zero attached hydrogens (tertiary/aromatic N) is 5. The molecule has 1 atom stereocenters. The van der Waals surface area contributed by atoms with E-state index in [-0.39, 0.29) is 5.91 Å². The van der Waals surface area contributed by atoms with Gasteiger partial charge in [0.05, 0.1) is 0 Å². The second kappa shape index (κ2) is 7.80. The molecule has 0 spiro atoms. The summed E-state index contributed by atoms with van der Waals surface area (Å²) >= 11 is 0. The highest BCUT2D eigenvalue weighted by atomic mass is 16.2. The Labute approximate surface area is 158 Å². The minimum atomic E-state index is -0.0197.